The van der Waals surface area contributed by atoms with Crippen LogP contribution in [0, 0.1) is 0 Å². The molecule has 0 heterocycles. The van der Waals surface area contributed by atoms with E-state index in [0.29, 0.717) is 6.42 Å². The molecule has 0 aromatic carbocycles. The number of carbonyl (C=O) groups is 1. The Hall–Kier alpha value is -0.400. The molecule has 0 aliphatic carbocycles. The second kappa shape index (κ2) is 13.7. The third-order valence-corrected chi connectivity index (χ3v) is 4.85. The molecule has 0 saturated heterocycles. The van der Waals surface area contributed by atoms with Crippen LogP contribution in [0.5, 0.6) is 0 Å². The Balaban J connectivity index is 3.61. The van der Waals surface area contributed by atoms with Gasteiger partial charge in [0.15, 0.2) is 0 Å². The summed E-state index contributed by atoms with van der Waals surface area (Å²) >= 11 is 3.14. The van der Waals surface area contributed by atoms with Crippen LogP contribution in [0.2, 0.25) is 0 Å². The predicted octanol–water partition coefficient (Wildman–Crippen LogP) is 7.19. The number of esters is 1. The van der Waals surface area contributed by atoms with Crippen molar-refractivity contribution in [3.63, 3.8) is 0 Å². The SMILES string of the molecule is CCCCCCCCCCCCCC(Br)COC(=O)C(F)(F)C(F)(F)F. The van der Waals surface area contributed by atoms with Gasteiger partial charge in [0.2, 0.25) is 0 Å². The second-order valence-corrected chi connectivity index (χ2v) is 7.89. The first-order chi connectivity index (χ1) is 12.1. The van der Waals surface area contributed by atoms with Crippen LogP contribution in [0.4, 0.5) is 22.0 Å². The van der Waals surface area contributed by atoms with Crippen molar-refractivity contribution in [3.8, 4) is 0 Å². The van der Waals surface area contributed by atoms with E-state index in [1.165, 1.54) is 44.9 Å². The Morgan fingerprint density at radius 3 is 1.69 bits per heavy atom. The second-order valence-electron chi connectivity index (χ2n) is 6.59. The largest absolute Gasteiger partial charge is 0.465 e. The van der Waals surface area contributed by atoms with Crippen LogP contribution < -0.4 is 0 Å². The summed E-state index contributed by atoms with van der Waals surface area (Å²) in [4.78, 5) is 10.4. The van der Waals surface area contributed by atoms with Crippen LogP contribution in [-0.4, -0.2) is 29.5 Å². The van der Waals surface area contributed by atoms with Gasteiger partial charge in [-0.25, -0.2) is 4.79 Å². The molecule has 0 aliphatic rings. The van der Waals surface area contributed by atoms with Crippen LogP contribution in [0.1, 0.15) is 84.0 Å². The summed E-state index contributed by atoms with van der Waals surface area (Å²) in [7, 11) is 0. The van der Waals surface area contributed by atoms with E-state index in [9.17, 15) is 26.7 Å². The van der Waals surface area contributed by atoms with Crippen molar-refractivity contribution < 1.29 is 31.5 Å². The molecule has 1 atom stereocenters. The third-order valence-electron chi connectivity index (χ3n) is 4.13. The molecule has 156 valence electrons. The highest BCUT2D eigenvalue weighted by atomic mass is 79.9. The average molecular weight is 453 g/mol. The van der Waals surface area contributed by atoms with E-state index in [1.54, 1.807) is 0 Å². The number of rotatable bonds is 15. The number of carbonyl (C=O) groups excluding carboxylic acids is 1. The van der Waals surface area contributed by atoms with E-state index in [2.05, 4.69) is 27.6 Å². The maximum Gasteiger partial charge on any atom is 0.465 e. The molecule has 0 radical (unpaired) electrons. The number of hydrogen-bond donors (Lipinski definition) is 0. The van der Waals surface area contributed by atoms with E-state index in [1.807, 2.05) is 0 Å². The monoisotopic (exact) mass is 452 g/mol. The fourth-order valence-electron chi connectivity index (χ4n) is 2.49. The van der Waals surface area contributed by atoms with Crippen LogP contribution in [-0.2, 0) is 9.53 Å². The van der Waals surface area contributed by atoms with Gasteiger partial charge in [-0.1, -0.05) is 93.5 Å². The van der Waals surface area contributed by atoms with Gasteiger partial charge in [-0.3, -0.25) is 0 Å². The van der Waals surface area contributed by atoms with Crippen LogP contribution in [0.15, 0.2) is 0 Å². The minimum Gasteiger partial charge on any atom is -0.460 e. The number of halogens is 6. The molecular weight excluding hydrogens is 423 g/mol. The summed E-state index contributed by atoms with van der Waals surface area (Å²) in [6, 6.07) is 0. The molecule has 0 bridgehead atoms. The van der Waals surface area contributed by atoms with Crippen molar-refractivity contribution in [2.45, 2.75) is 101 Å². The van der Waals surface area contributed by atoms with Gasteiger partial charge in [0.05, 0.1) is 0 Å². The summed E-state index contributed by atoms with van der Waals surface area (Å²) in [5, 5.41) is 0. The van der Waals surface area contributed by atoms with Gasteiger partial charge in [-0.2, -0.15) is 22.0 Å². The predicted molar refractivity (Wildman–Crippen MR) is 95.8 cm³/mol. The summed E-state index contributed by atoms with van der Waals surface area (Å²) in [5.74, 6) is -8.01. The highest BCUT2D eigenvalue weighted by Crippen LogP contribution is 2.36. The molecule has 0 saturated carbocycles. The lowest BCUT2D eigenvalue weighted by molar-refractivity contribution is -0.280. The summed E-state index contributed by atoms with van der Waals surface area (Å²) in [6.07, 6.45) is 7.49. The van der Waals surface area contributed by atoms with Crippen molar-refractivity contribution in [2.75, 3.05) is 6.61 Å². The molecule has 1 unspecified atom stereocenters. The van der Waals surface area contributed by atoms with Gasteiger partial charge in [0, 0.05) is 4.83 Å². The number of alkyl halides is 6. The van der Waals surface area contributed by atoms with Crippen molar-refractivity contribution in [1.29, 1.82) is 0 Å². The number of ether oxygens (including phenoxy) is 1. The van der Waals surface area contributed by atoms with E-state index in [-0.39, 0.29) is 0 Å². The molecule has 0 rings (SSSR count). The Labute approximate surface area is 161 Å². The molecule has 0 fully saturated rings. The minimum absolute atomic E-state index is 0.422. The first-order valence-corrected chi connectivity index (χ1v) is 10.3. The average Bonchev–Trinajstić information content (AvgIpc) is 2.56. The molecule has 0 amide bonds. The maximum atomic E-state index is 12.7. The molecule has 0 spiro atoms. The van der Waals surface area contributed by atoms with Crippen LogP contribution >= 0.6 is 15.9 Å². The van der Waals surface area contributed by atoms with Gasteiger partial charge in [0.25, 0.3) is 0 Å². The highest BCUT2D eigenvalue weighted by molar-refractivity contribution is 9.09. The van der Waals surface area contributed by atoms with Crippen LogP contribution in [0.3, 0.4) is 0 Å². The lowest BCUT2D eigenvalue weighted by Crippen LogP contribution is -2.45. The quantitative estimate of drug-likeness (QED) is 0.114. The first-order valence-electron chi connectivity index (χ1n) is 9.38. The molecule has 0 aliphatic heterocycles. The first kappa shape index (κ1) is 25.6. The Morgan fingerprint density at radius 1 is 0.846 bits per heavy atom. The van der Waals surface area contributed by atoms with Crippen molar-refractivity contribution in [2.24, 2.45) is 0 Å². The van der Waals surface area contributed by atoms with Crippen molar-refractivity contribution in [1.82, 2.24) is 0 Å². The van der Waals surface area contributed by atoms with Gasteiger partial charge < -0.3 is 4.74 Å². The molecule has 2 nitrogen and oxygen atoms in total. The molecule has 0 aromatic rings. The number of hydrogen-bond acceptors (Lipinski definition) is 2. The zero-order valence-electron chi connectivity index (χ0n) is 15.4. The Kier molecular flexibility index (Phi) is 13.5. The lowest BCUT2D eigenvalue weighted by atomic mass is 10.0. The van der Waals surface area contributed by atoms with Gasteiger partial charge in [-0.15, -0.1) is 0 Å². The van der Waals surface area contributed by atoms with Crippen LogP contribution in [0.25, 0.3) is 0 Å². The minimum atomic E-state index is -5.93. The fourth-order valence-corrected chi connectivity index (χ4v) is 2.94. The zero-order chi connectivity index (χ0) is 20.1. The summed E-state index contributed by atoms with van der Waals surface area (Å²) in [5.41, 5.74) is 0. The van der Waals surface area contributed by atoms with Crippen molar-refractivity contribution in [3.05, 3.63) is 0 Å². The molecule has 0 N–H and O–H groups in total. The molecule has 26 heavy (non-hydrogen) atoms. The van der Waals surface area contributed by atoms with Crippen molar-refractivity contribution >= 4 is 21.9 Å². The zero-order valence-corrected chi connectivity index (χ0v) is 16.9. The Bertz CT molecular complexity index is 375. The summed E-state index contributed by atoms with van der Waals surface area (Å²) < 4.78 is 65.5. The number of unbranched alkanes of at least 4 members (excludes halogenated alkanes) is 10. The standard InChI is InChI=1S/C18H30BrF5O2/c1-2-3-4-5-6-7-8-9-10-11-12-13-15(19)14-26-16(25)17(20,21)18(22,23)24/h15H,2-14H2,1H3. The van der Waals surface area contributed by atoms with Gasteiger partial charge in [-0.05, 0) is 6.42 Å². The van der Waals surface area contributed by atoms with Gasteiger partial charge in [0.1, 0.15) is 6.61 Å². The topological polar surface area (TPSA) is 26.3 Å². The maximum absolute atomic E-state index is 12.7. The van der Waals surface area contributed by atoms with E-state index in [0.717, 1.165) is 25.7 Å². The highest BCUT2D eigenvalue weighted by Gasteiger charge is 2.64. The lowest BCUT2D eigenvalue weighted by Gasteiger charge is -2.18. The summed E-state index contributed by atoms with van der Waals surface area (Å²) in [6.45, 7) is 1.70. The van der Waals surface area contributed by atoms with Gasteiger partial charge >= 0.3 is 18.1 Å². The molecule has 8 heteroatoms. The Morgan fingerprint density at radius 2 is 1.27 bits per heavy atom. The fraction of sp³-hybridized carbons (Fsp3) is 0.944. The van der Waals surface area contributed by atoms with E-state index >= 15 is 0 Å². The third kappa shape index (κ3) is 11.3. The van der Waals surface area contributed by atoms with E-state index in [4.69, 9.17) is 0 Å². The smallest absolute Gasteiger partial charge is 0.460 e. The van der Waals surface area contributed by atoms with E-state index < -0.39 is 29.5 Å². The molecule has 0 aromatic heterocycles. The molecular formula is C18H30BrF5O2. The normalized spacial score (nSPS) is 13.7.